The SMILES string of the molecule is CCCCCC(O)CCCCCCCCCCCCCCCC(C)S(=O)(=O)O. The van der Waals surface area contributed by atoms with Crippen molar-refractivity contribution in [3.05, 3.63) is 0 Å². The summed E-state index contributed by atoms with van der Waals surface area (Å²) >= 11 is 0. The van der Waals surface area contributed by atoms with Crippen LogP contribution in [0.1, 0.15) is 136 Å². The molecule has 0 heterocycles. The molecule has 170 valence electrons. The van der Waals surface area contributed by atoms with E-state index in [-0.39, 0.29) is 6.10 Å². The van der Waals surface area contributed by atoms with E-state index < -0.39 is 15.4 Å². The van der Waals surface area contributed by atoms with Gasteiger partial charge in [0.1, 0.15) is 0 Å². The molecule has 2 N–H and O–H groups in total. The standard InChI is InChI=1S/C23H48O4S/c1-3-4-16-20-23(24)21-18-15-13-11-9-7-5-6-8-10-12-14-17-19-22(2)28(25,26)27/h22-24H,3-21H2,1-2H3,(H,25,26,27). The lowest BCUT2D eigenvalue weighted by Gasteiger charge is -2.09. The molecule has 0 spiro atoms. The molecule has 0 aromatic carbocycles. The van der Waals surface area contributed by atoms with Gasteiger partial charge in [-0.2, -0.15) is 8.42 Å². The summed E-state index contributed by atoms with van der Waals surface area (Å²) in [6, 6.07) is 0. The number of hydrogen-bond acceptors (Lipinski definition) is 3. The zero-order valence-electron chi connectivity index (χ0n) is 18.7. The molecule has 0 aromatic heterocycles. The lowest BCUT2D eigenvalue weighted by atomic mass is 10.0. The highest BCUT2D eigenvalue weighted by atomic mass is 32.2. The molecule has 5 heteroatoms. The van der Waals surface area contributed by atoms with Gasteiger partial charge in [-0.05, 0) is 26.2 Å². The molecule has 0 fully saturated rings. The number of aliphatic hydroxyl groups is 1. The zero-order valence-corrected chi connectivity index (χ0v) is 19.5. The predicted molar refractivity (Wildman–Crippen MR) is 120 cm³/mol. The first-order chi connectivity index (χ1) is 13.4. The second kappa shape index (κ2) is 18.9. The van der Waals surface area contributed by atoms with Crippen LogP contribution in [-0.2, 0) is 10.1 Å². The maximum absolute atomic E-state index is 10.9. The van der Waals surface area contributed by atoms with Gasteiger partial charge in [0, 0.05) is 0 Å². The van der Waals surface area contributed by atoms with Gasteiger partial charge < -0.3 is 5.11 Å². The van der Waals surface area contributed by atoms with E-state index >= 15 is 0 Å². The van der Waals surface area contributed by atoms with Crippen molar-refractivity contribution in [3.8, 4) is 0 Å². The van der Waals surface area contributed by atoms with Crippen LogP contribution in [0.2, 0.25) is 0 Å². The Hall–Kier alpha value is -0.130. The van der Waals surface area contributed by atoms with Crippen molar-refractivity contribution in [1.82, 2.24) is 0 Å². The minimum absolute atomic E-state index is 0.0716. The molecule has 0 rings (SSSR count). The van der Waals surface area contributed by atoms with Crippen molar-refractivity contribution >= 4 is 10.1 Å². The maximum atomic E-state index is 10.9. The first-order valence-electron chi connectivity index (χ1n) is 12.0. The molecule has 28 heavy (non-hydrogen) atoms. The lowest BCUT2D eigenvalue weighted by molar-refractivity contribution is 0.147. The molecule has 0 radical (unpaired) electrons. The summed E-state index contributed by atoms with van der Waals surface area (Å²) in [6.45, 7) is 3.78. The Bertz CT molecular complexity index is 422. The minimum Gasteiger partial charge on any atom is -0.393 e. The molecule has 0 aliphatic carbocycles. The summed E-state index contributed by atoms with van der Waals surface area (Å²) in [5.74, 6) is 0. The van der Waals surface area contributed by atoms with Crippen molar-refractivity contribution in [1.29, 1.82) is 0 Å². The molecule has 0 aromatic rings. The average Bonchev–Trinajstić information content (AvgIpc) is 2.64. The van der Waals surface area contributed by atoms with Crippen LogP contribution in [0.4, 0.5) is 0 Å². The fourth-order valence-electron chi connectivity index (χ4n) is 3.68. The van der Waals surface area contributed by atoms with Gasteiger partial charge >= 0.3 is 0 Å². The number of unbranched alkanes of at least 4 members (excludes halogenated alkanes) is 14. The van der Waals surface area contributed by atoms with E-state index in [1.165, 1.54) is 89.9 Å². The summed E-state index contributed by atoms with van der Waals surface area (Å²) in [5, 5.41) is 9.27. The highest BCUT2D eigenvalue weighted by molar-refractivity contribution is 7.86. The van der Waals surface area contributed by atoms with Crippen molar-refractivity contribution in [2.45, 2.75) is 147 Å². The maximum Gasteiger partial charge on any atom is 0.267 e. The number of aliphatic hydroxyl groups excluding tert-OH is 1. The molecule has 0 saturated heterocycles. The first-order valence-corrected chi connectivity index (χ1v) is 13.5. The van der Waals surface area contributed by atoms with Crippen molar-refractivity contribution in [3.63, 3.8) is 0 Å². The molecular weight excluding hydrogens is 372 g/mol. The van der Waals surface area contributed by atoms with Crippen LogP contribution in [-0.4, -0.2) is 29.4 Å². The van der Waals surface area contributed by atoms with Gasteiger partial charge in [-0.3, -0.25) is 4.55 Å². The van der Waals surface area contributed by atoms with Crippen LogP contribution in [0.15, 0.2) is 0 Å². The molecule has 0 saturated carbocycles. The van der Waals surface area contributed by atoms with Crippen LogP contribution in [0.25, 0.3) is 0 Å². The monoisotopic (exact) mass is 420 g/mol. The Morgan fingerprint density at radius 3 is 1.29 bits per heavy atom. The number of rotatable bonds is 21. The van der Waals surface area contributed by atoms with Crippen molar-refractivity contribution in [2.24, 2.45) is 0 Å². The topological polar surface area (TPSA) is 74.6 Å². The average molecular weight is 421 g/mol. The Morgan fingerprint density at radius 2 is 0.929 bits per heavy atom. The lowest BCUT2D eigenvalue weighted by Crippen LogP contribution is -2.16. The van der Waals surface area contributed by atoms with E-state index in [0.29, 0.717) is 6.42 Å². The molecule has 0 bridgehead atoms. The van der Waals surface area contributed by atoms with Crippen LogP contribution >= 0.6 is 0 Å². The molecule has 4 nitrogen and oxygen atoms in total. The van der Waals surface area contributed by atoms with Crippen LogP contribution in [0.3, 0.4) is 0 Å². The third-order valence-corrected chi connectivity index (χ3v) is 7.05. The van der Waals surface area contributed by atoms with Gasteiger partial charge in [-0.25, -0.2) is 0 Å². The fraction of sp³-hybridized carbons (Fsp3) is 1.00. The second-order valence-corrected chi connectivity index (χ2v) is 10.5. The second-order valence-electron chi connectivity index (χ2n) is 8.65. The quantitative estimate of drug-likeness (QED) is 0.154. The highest BCUT2D eigenvalue weighted by Gasteiger charge is 2.15. The normalized spacial score (nSPS) is 14.3. The summed E-state index contributed by atoms with van der Waals surface area (Å²) in [6.07, 6.45) is 22.1. The van der Waals surface area contributed by atoms with E-state index in [0.717, 1.165) is 25.7 Å². The first kappa shape index (κ1) is 27.9. The van der Waals surface area contributed by atoms with Crippen LogP contribution in [0.5, 0.6) is 0 Å². The molecule has 0 amide bonds. The van der Waals surface area contributed by atoms with E-state index in [1.54, 1.807) is 6.92 Å². The van der Waals surface area contributed by atoms with Gasteiger partial charge in [-0.15, -0.1) is 0 Å². The number of hydrogen-bond donors (Lipinski definition) is 2. The molecule has 2 atom stereocenters. The van der Waals surface area contributed by atoms with Crippen molar-refractivity contribution < 1.29 is 18.1 Å². The summed E-state index contributed by atoms with van der Waals surface area (Å²) in [4.78, 5) is 0. The summed E-state index contributed by atoms with van der Waals surface area (Å²) in [5.41, 5.74) is 0. The van der Waals surface area contributed by atoms with Gasteiger partial charge in [0.15, 0.2) is 0 Å². The van der Waals surface area contributed by atoms with E-state index in [4.69, 9.17) is 4.55 Å². The van der Waals surface area contributed by atoms with E-state index in [2.05, 4.69) is 6.92 Å². The Kier molecular flexibility index (Phi) is 18.8. The van der Waals surface area contributed by atoms with Crippen LogP contribution in [0, 0.1) is 0 Å². The summed E-state index contributed by atoms with van der Waals surface area (Å²) < 4.78 is 30.7. The zero-order chi connectivity index (χ0) is 21.1. The largest absolute Gasteiger partial charge is 0.393 e. The van der Waals surface area contributed by atoms with Crippen LogP contribution < -0.4 is 0 Å². The van der Waals surface area contributed by atoms with Gasteiger partial charge in [0.05, 0.1) is 11.4 Å². The van der Waals surface area contributed by atoms with E-state index in [9.17, 15) is 13.5 Å². The van der Waals surface area contributed by atoms with Gasteiger partial charge in [0.25, 0.3) is 10.1 Å². The van der Waals surface area contributed by atoms with Crippen molar-refractivity contribution in [2.75, 3.05) is 0 Å². The van der Waals surface area contributed by atoms with Gasteiger partial charge in [-0.1, -0.05) is 110 Å². The molecule has 0 aliphatic heterocycles. The van der Waals surface area contributed by atoms with E-state index in [1.807, 2.05) is 0 Å². The summed E-state index contributed by atoms with van der Waals surface area (Å²) in [7, 11) is -3.84. The Morgan fingerprint density at radius 1 is 0.607 bits per heavy atom. The molecule has 2 unspecified atom stereocenters. The third kappa shape index (κ3) is 19.2. The highest BCUT2D eigenvalue weighted by Crippen LogP contribution is 2.16. The Labute approximate surface area is 175 Å². The predicted octanol–water partition coefficient (Wildman–Crippen LogP) is 7.06. The fourth-order valence-corrected chi connectivity index (χ4v) is 4.14. The molecule has 0 aliphatic rings. The molecular formula is C23H48O4S. The smallest absolute Gasteiger partial charge is 0.267 e. The van der Waals surface area contributed by atoms with Gasteiger partial charge in [0.2, 0.25) is 0 Å². The third-order valence-electron chi connectivity index (χ3n) is 5.80. The minimum atomic E-state index is -3.84. The Balaban J connectivity index is 3.20.